The van der Waals surface area contributed by atoms with Crippen molar-refractivity contribution < 1.29 is 29.0 Å². The molecule has 0 saturated carbocycles. The number of benzene rings is 1. The van der Waals surface area contributed by atoms with Crippen molar-refractivity contribution in [2.75, 3.05) is 12.0 Å². The van der Waals surface area contributed by atoms with Crippen molar-refractivity contribution in [1.82, 2.24) is 9.88 Å². The van der Waals surface area contributed by atoms with Gasteiger partial charge in [-0.25, -0.2) is 14.5 Å². The fourth-order valence-electron chi connectivity index (χ4n) is 4.95. The molecule has 0 radical (unpaired) electrons. The SMILES string of the molecule is COc1ccc(N2C(=O)NC(=O)/C(=C\c3cc(C)n(-c4sc5c(c4C(=O)O)CCCC5)c3C)C2=O)cc1. The molecule has 10 heteroatoms. The lowest BCUT2D eigenvalue weighted by Gasteiger charge is -2.26. The van der Waals surface area contributed by atoms with Crippen LogP contribution in [-0.4, -0.2) is 40.6 Å². The van der Waals surface area contributed by atoms with Gasteiger partial charge in [-0.1, -0.05) is 0 Å². The number of hydrogen-bond donors (Lipinski definition) is 2. The summed E-state index contributed by atoms with van der Waals surface area (Å²) >= 11 is 1.49. The van der Waals surface area contributed by atoms with Gasteiger partial charge in [-0.15, -0.1) is 11.3 Å². The van der Waals surface area contributed by atoms with E-state index in [2.05, 4.69) is 5.32 Å². The Hall–Kier alpha value is -4.18. The summed E-state index contributed by atoms with van der Waals surface area (Å²) in [4.78, 5) is 52.8. The molecular formula is C27H25N3O6S. The Labute approximate surface area is 217 Å². The number of anilines is 1. The lowest BCUT2D eigenvalue weighted by atomic mass is 9.95. The van der Waals surface area contributed by atoms with Crippen LogP contribution in [0.4, 0.5) is 10.5 Å². The van der Waals surface area contributed by atoms with Gasteiger partial charge in [0.1, 0.15) is 16.3 Å². The number of methoxy groups -OCH3 is 1. The first-order valence-corrected chi connectivity index (χ1v) is 12.7. The number of nitrogens with zero attached hydrogens (tertiary/aromatic N) is 2. The second-order valence-corrected chi connectivity index (χ2v) is 10.1. The first-order valence-electron chi connectivity index (χ1n) is 11.8. The van der Waals surface area contributed by atoms with E-state index in [0.717, 1.165) is 46.7 Å². The number of aromatic carboxylic acids is 1. The van der Waals surface area contributed by atoms with E-state index in [1.54, 1.807) is 30.3 Å². The number of nitrogens with one attached hydrogen (secondary N) is 1. The standard InChI is InChI=1S/C27H25N3O6S/c1-14-12-16(15(2)29(14)25-22(26(33)34)19-6-4-5-7-21(19)37-25)13-20-23(31)28-27(35)30(24(20)32)17-8-10-18(36-3)11-9-17/h8-13H,4-7H2,1-3H3,(H,33,34)(H,28,31,35)/b20-13+. The van der Waals surface area contributed by atoms with Crippen LogP contribution in [0.1, 0.15) is 50.6 Å². The summed E-state index contributed by atoms with van der Waals surface area (Å²) in [5.74, 6) is -1.94. The number of urea groups is 1. The van der Waals surface area contributed by atoms with Crippen LogP contribution in [0.2, 0.25) is 0 Å². The van der Waals surface area contributed by atoms with E-state index in [-0.39, 0.29) is 5.57 Å². The van der Waals surface area contributed by atoms with Crippen molar-refractivity contribution in [3.8, 4) is 10.8 Å². The number of carboxylic acid groups (broad SMARTS) is 1. The summed E-state index contributed by atoms with van der Waals surface area (Å²) in [6.45, 7) is 3.68. The van der Waals surface area contributed by atoms with Gasteiger partial charge in [0.25, 0.3) is 11.8 Å². The van der Waals surface area contributed by atoms with Crippen LogP contribution < -0.4 is 15.0 Å². The number of carboxylic acids is 1. The predicted octanol–water partition coefficient (Wildman–Crippen LogP) is 4.41. The minimum absolute atomic E-state index is 0.195. The lowest BCUT2D eigenvalue weighted by molar-refractivity contribution is -0.122. The second kappa shape index (κ2) is 9.36. The summed E-state index contributed by atoms with van der Waals surface area (Å²) in [6, 6.07) is 7.32. The van der Waals surface area contributed by atoms with Crippen molar-refractivity contribution in [1.29, 1.82) is 0 Å². The number of aromatic nitrogens is 1. The van der Waals surface area contributed by atoms with Crippen LogP contribution in [0.5, 0.6) is 5.75 Å². The van der Waals surface area contributed by atoms with Crippen molar-refractivity contribution in [3.63, 3.8) is 0 Å². The number of ether oxygens (including phenoxy) is 1. The van der Waals surface area contributed by atoms with Gasteiger partial charge in [-0.3, -0.25) is 14.9 Å². The van der Waals surface area contributed by atoms with Crippen LogP contribution in [0.25, 0.3) is 11.1 Å². The molecule has 2 N–H and O–H groups in total. The van der Waals surface area contributed by atoms with Gasteiger partial charge >= 0.3 is 12.0 Å². The van der Waals surface area contributed by atoms with Crippen molar-refractivity contribution >= 4 is 46.9 Å². The molecule has 0 bridgehead atoms. The highest BCUT2D eigenvalue weighted by Crippen LogP contribution is 2.39. The van der Waals surface area contributed by atoms with E-state index in [4.69, 9.17) is 4.74 Å². The molecule has 37 heavy (non-hydrogen) atoms. The molecule has 1 aliphatic carbocycles. The Bertz CT molecular complexity index is 1500. The molecule has 0 unspecified atom stereocenters. The van der Waals surface area contributed by atoms with Gasteiger partial charge in [0.2, 0.25) is 0 Å². The molecule has 1 aromatic carbocycles. The molecular weight excluding hydrogens is 494 g/mol. The zero-order valence-corrected chi connectivity index (χ0v) is 21.4. The van der Waals surface area contributed by atoms with E-state index < -0.39 is 23.8 Å². The van der Waals surface area contributed by atoms with Crippen molar-refractivity contribution in [2.24, 2.45) is 0 Å². The monoisotopic (exact) mass is 519 g/mol. The average Bonchev–Trinajstić information content (AvgIpc) is 3.38. The smallest absolute Gasteiger partial charge is 0.339 e. The van der Waals surface area contributed by atoms with Gasteiger partial charge in [0, 0.05) is 16.3 Å². The molecule has 3 heterocycles. The summed E-state index contributed by atoms with van der Waals surface area (Å²) in [6.07, 6.45) is 5.06. The molecule has 9 nitrogen and oxygen atoms in total. The summed E-state index contributed by atoms with van der Waals surface area (Å²) in [7, 11) is 1.51. The molecule has 1 saturated heterocycles. The number of carbonyl (C=O) groups excluding carboxylic acids is 3. The number of imide groups is 2. The van der Waals surface area contributed by atoms with E-state index in [1.807, 2.05) is 18.4 Å². The third-order valence-electron chi connectivity index (χ3n) is 6.77. The molecule has 2 aliphatic rings. The number of barbiturate groups is 1. The highest BCUT2D eigenvalue weighted by molar-refractivity contribution is 7.15. The molecule has 1 aliphatic heterocycles. The number of carbonyl (C=O) groups is 4. The fraction of sp³-hybridized carbons (Fsp3) is 0.259. The maximum atomic E-state index is 13.3. The van der Waals surface area contributed by atoms with Gasteiger partial charge in [-0.05, 0) is 87.1 Å². The quantitative estimate of drug-likeness (QED) is 0.381. The Morgan fingerprint density at radius 3 is 2.49 bits per heavy atom. The Balaban J connectivity index is 1.57. The molecule has 4 amide bonds. The number of fused-ring (bicyclic) bond motifs is 1. The topological polar surface area (TPSA) is 118 Å². The van der Waals surface area contributed by atoms with E-state index in [1.165, 1.54) is 24.5 Å². The first-order chi connectivity index (χ1) is 17.7. The van der Waals surface area contributed by atoms with Crippen LogP contribution in [0.15, 0.2) is 35.9 Å². The van der Waals surface area contributed by atoms with Crippen molar-refractivity contribution in [2.45, 2.75) is 39.5 Å². The number of hydrogen-bond acceptors (Lipinski definition) is 6. The average molecular weight is 520 g/mol. The normalized spacial score (nSPS) is 16.7. The number of thiophene rings is 1. The number of rotatable bonds is 5. The van der Waals surface area contributed by atoms with E-state index in [9.17, 15) is 24.3 Å². The molecule has 1 fully saturated rings. The van der Waals surface area contributed by atoms with Crippen LogP contribution in [-0.2, 0) is 22.4 Å². The minimum atomic E-state index is -0.961. The summed E-state index contributed by atoms with van der Waals surface area (Å²) in [5, 5.41) is 12.9. The zero-order chi connectivity index (χ0) is 26.4. The Morgan fingerprint density at radius 1 is 1.11 bits per heavy atom. The van der Waals surface area contributed by atoms with Crippen LogP contribution >= 0.6 is 11.3 Å². The minimum Gasteiger partial charge on any atom is -0.497 e. The zero-order valence-electron chi connectivity index (χ0n) is 20.6. The van der Waals surface area contributed by atoms with Gasteiger partial charge in [0.05, 0.1) is 18.4 Å². The summed E-state index contributed by atoms with van der Waals surface area (Å²) in [5.41, 5.74) is 3.38. The highest BCUT2D eigenvalue weighted by atomic mass is 32.1. The Kier molecular flexibility index (Phi) is 6.20. The Morgan fingerprint density at radius 2 is 1.81 bits per heavy atom. The van der Waals surface area contributed by atoms with Crippen LogP contribution in [0, 0.1) is 13.8 Å². The number of amides is 4. The van der Waals surface area contributed by atoms with Crippen molar-refractivity contribution in [3.05, 3.63) is 68.9 Å². The second-order valence-electron chi connectivity index (χ2n) is 9.01. The van der Waals surface area contributed by atoms with Gasteiger partial charge < -0.3 is 14.4 Å². The van der Waals surface area contributed by atoms with Gasteiger partial charge in [0.15, 0.2) is 0 Å². The molecule has 5 rings (SSSR count). The molecule has 0 atom stereocenters. The van der Waals surface area contributed by atoms with E-state index >= 15 is 0 Å². The molecule has 3 aromatic rings. The van der Waals surface area contributed by atoms with Gasteiger partial charge in [-0.2, -0.15) is 0 Å². The predicted molar refractivity (Wildman–Crippen MR) is 139 cm³/mol. The highest BCUT2D eigenvalue weighted by Gasteiger charge is 2.37. The molecule has 0 spiro atoms. The third-order valence-corrected chi connectivity index (χ3v) is 8.05. The fourth-order valence-corrected chi connectivity index (χ4v) is 6.45. The largest absolute Gasteiger partial charge is 0.497 e. The third kappa shape index (κ3) is 4.13. The van der Waals surface area contributed by atoms with Crippen LogP contribution in [0.3, 0.4) is 0 Å². The maximum absolute atomic E-state index is 13.3. The molecule has 2 aromatic heterocycles. The summed E-state index contributed by atoms with van der Waals surface area (Å²) < 4.78 is 7.00. The molecule has 190 valence electrons. The lowest BCUT2D eigenvalue weighted by Crippen LogP contribution is -2.54. The maximum Gasteiger partial charge on any atom is 0.339 e. The first kappa shape index (κ1) is 24.5. The van der Waals surface area contributed by atoms with E-state index in [0.29, 0.717) is 33.3 Å². The number of aryl methyl sites for hydroxylation is 2.